The minimum atomic E-state index is -0.928. The summed E-state index contributed by atoms with van der Waals surface area (Å²) in [5.74, 6) is -2.37. The molecule has 0 aliphatic heterocycles. The lowest BCUT2D eigenvalue weighted by Gasteiger charge is -2.17. The topological polar surface area (TPSA) is 158 Å². The van der Waals surface area contributed by atoms with Crippen molar-refractivity contribution in [1.29, 1.82) is 0 Å². The smallest absolute Gasteiger partial charge is 0.342 e. The van der Waals surface area contributed by atoms with Gasteiger partial charge in [-0.2, -0.15) is 0 Å². The number of carbonyl (C=O) groups is 4. The van der Waals surface area contributed by atoms with E-state index >= 15 is 0 Å². The van der Waals surface area contributed by atoms with Gasteiger partial charge in [-0.1, -0.05) is 30.0 Å². The van der Waals surface area contributed by atoms with Crippen molar-refractivity contribution in [2.75, 3.05) is 22.6 Å². The number of anilines is 2. The third-order valence-electron chi connectivity index (χ3n) is 4.47. The summed E-state index contributed by atoms with van der Waals surface area (Å²) in [5.41, 5.74) is 5.03. The summed E-state index contributed by atoms with van der Waals surface area (Å²) in [7, 11) is 0. The Hall–Kier alpha value is -2.93. The number of furan rings is 1. The lowest BCUT2D eigenvalue weighted by molar-refractivity contribution is -0.118. The first-order chi connectivity index (χ1) is 15.3. The second-order valence-electron chi connectivity index (χ2n) is 6.86. The molecule has 0 aromatic carbocycles. The first-order valence-electron chi connectivity index (χ1n) is 9.95. The largest absolute Gasteiger partial charge is 0.462 e. The Balaban J connectivity index is 1.66. The fraction of sp³-hybridized carbons (Fsp3) is 0.474. The van der Waals surface area contributed by atoms with E-state index in [1.54, 1.807) is 18.7 Å². The zero-order valence-corrected chi connectivity index (χ0v) is 19.4. The number of primary amides is 1. The number of hydrogen-bond acceptors (Lipinski definition) is 10. The normalized spacial score (nSPS) is 13.0. The van der Waals surface area contributed by atoms with Gasteiger partial charge in [0, 0.05) is 12.5 Å². The van der Waals surface area contributed by atoms with Crippen molar-refractivity contribution in [2.45, 2.75) is 50.4 Å². The highest BCUT2D eigenvalue weighted by molar-refractivity contribution is 8.01. The number of thioether (sulfide) groups is 1. The van der Waals surface area contributed by atoms with Crippen LogP contribution in [0.15, 0.2) is 8.76 Å². The molecule has 2 heterocycles. The SMILES string of the molecule is CCOC(=O)c1c(C)oc(NC(=O)CSc2nnc(N(C(=O)CC)C3CC3)s2)c1C(N)=O. The zero-order valence-electron chi connectivity index (χ0n) is 17.8. The molecule has 13 heteroatoms. The molecule has 0 spiro atoms. The molecule has 1 aliphatic carbocycles. The number of esters is 1. The molecule has 1 aliphatic rings. The van der Waals surface area contributed by atoms with Crippen molar-refractivity contribution < 1.29 is 28.3 Å². The van der Waals surface area contributed by atoms with E-state index in [0.717, 1.165) is 24.6 Å². The summed E-state index contributed by atoms with van der Waals surface area (Å²) in [4.78, 5) is 50.3. The van der Waals surface area contributed by atoms with Crippen molar-refractivity contribution in [3.8, 4) is 0 Å². The van der Waals surface area contributed by atoms with Gasteiger partial charge in [0.25, 0.3) is 5.91 Å². The Morgan fingerprint density at radius 1 is 1.25 bits per heavy atom. The number of carbonyl (C=O) groups excluding carboxylic acids is 4. The summed E-state index contributed by atoms with van der Waals surface area (Å²) in [6, 6.07) is 0.166. The van der Waals surface area contributed by atoms with Gasteiger partial charge in [-0.15, -0.1) is 10.2 Å². The second-order valence-corrected chi connectivity index (χ2v) is 9.04. The molecule has 2 aromatic heterocycles. The molecule has 0 atom stereocenters. The molecule has 3 N–H and O–H groups in total. The molecule has 0 saturated heterocycles. The van der Waals surface area contributed by atoms with Crippen LogP contribution in [0.3, 0.4) is 0 Å². The molecule has 0 radical (unpaired) electrons. The van der Waals surface area contributed by atoms with E-state index in [1.807, 2.05) is 0 Å². The number of hydrogen-bond donors (Lipinski definition) is 2. The first kappa shape index (κ1) is 23.7. The van der Waals surface area contributed by atoms with Crippen LogP contribution in [-0.4, -0.2) is 52.3 Å². The number of aromatic nitrogens is 2. The highest BCUT2D eigenvalue weighted by atomic mass is 32.2. The van der Waals surface area contributed by atoms with Gasteiger partial charge in [-0.05, 0) is 26.7 Å². The maximum atomic E-state index is 12.4. The van der Waals surface area contributed by atoms with Crippen molar-refractivity contribution >= 4 is 57.8 Å². The third kappa shape index (κ3) is 5.27. The average molecular weight is 482 g/mol. The van der Waals surface area contributed by atoms with Crippen molar-refractivity contribution in [3.05, 3.63) is 16.9 Å². The summed E-state index contributed by atoms with van der Waals surface area (Å²) in [5, 5.41) is 11.1. The Kier molecular flexibility index (Phi) is 7.51. The van der Waals surface area contributed by atoms with Gasteiger partial charge < -0.3 is 14.9 Å². The van der Waals surface area contributed by atoms with E-state index < -0.39 is 17.8 Å². The highest BCUT2D eigenvalue weighted by Gasteiger charge is 2.35. The molecule has 11 nitrogen and oxygen atoms in total. The quantitative estimate of drug-likeness (QED) is 0.295. The number of nitrogens with zero attached hydrogens (tertiary/aromatic N) is 3. The van der Waals surface area contributed by atoms with Gasteiger partial charge in [0.1, 0.15) is 16.9 Å². The molecule has 32 heavy (non-hydrogen) atoms. The summed E-state index contributed by atoms with van der Waals surface area (Å²) in [6.07, 6.45) is 2.25. The monoisotopic (exact) mass is 481 g/mol. The molecule has 0 unspecified atom stereocenters. The van der Waals surface area contributed by atoms with Gasteiger partial charge in [0.15, 0.2) is 4.34 Å². The number of amides is 3. The van der Waals surface area contributed by atoms with E-state index in [-0.39, 0.29) is 47.1 Å². The predicted octanol–water partition coefficient (Wildman–Crippen LogP) is 2.35. The van der Waals surface area contributed by atoms with Crippen LogP contribution in [-0.2, 0) is 14.3 Å². The molecule has 0 bridgehead atoms. The van der Waals surface area contributed by atoms with Gasteiger partial charge in [0.2, 0.25) is 22.8 Å². The van der Waals surface area contributed by atoms with Crippen molar-refractivity contribution in [3.63, 3.8) is 0 Å². The first-order valence-corrected chi connectivity index (χ1v) is 11.7. The van der Waals surface area contributed by atoms with Crippen molar-refractivity contribution in [1.82, 2.24) is 10.2 Å². The van der Waals surface area contributed by atoms with Crippen LogP contribution in [0.5, 0.6) is 0 Å². The minimum Gasteiger partial charge on any atom is -0.462 e. The van der Waals surface area contributed by atoms with Crippen LogP contribution >= 0.6 is 23.1 Å². The highest BCUT2D eigenvalue weighted by Crippen LogP contribution is 2.36. The Bertz CT molecular complexity index is 1050. The van der Waals surface area contributed by atoms with Crippen LogP contribution in [0.1, 0.15) is 59.6 Å². The van der Waals surface area contributed by atoms with Crippen LogP contribution in [0.25, 0.3) is 0 Å². The number of nitrogens with one attached hydrogen (secondary N) is 1. The van der Waals surface area contributed by atoms with E-state index in [4.69, 9.17) is 14.9 Å². The number of rotatable bonds is 10. The fourth-order valence-corrected chi connectivity index (χ4v) is 4.66. The summed E-state index contributed by atoms with van der Waals surface area (Å²) >= 11 is 2.35. The molecule has 1 fully saturated rings. The van der Waals surface area contributed by atoms with Crippen LogP contribution in [0, 0.1) is 6.92 Å². The molecule has 2 aromatic rings. The standard InChI is InChI=1S/C19H23N5O6S2/c1-4-12(26)24(10-6-7-10)18-22-23-19(32-18)31-8-11(25)21-16-14(15(20)27)13(9(3)30-16)17(28)29-5-2/h10H,4-8H2,1-3H3,(H2,20,27)(H,21,25). The summed E-state index contributed by atoms with van der Waals surface area (Å²) in [6.45, 7) is 4.99. The predicted molar refractivity (Wildman–Crippen MR) is 118 cm³/mol. The Morgan fingerprint density at radius 2 is 1.97 bits per heavy atom. The molecule has 1 saturated carbocycles. The fourth-order valence-electron chi connectivity index (χ4n) is 2.93. The van der Waals surface area contributed by atoms with Gasteiger partial charge in [0.05, 0.1) is 12.4 Å². The van der Waals surface area contributed by atoms with E-state index in [2.05, 4.69) is 15.5 Å². The second kappa shape index (κ2) is 10.1. The van der Waals surface area contributed by atoms with Crippen molar-refractivity contribution in [2.24, 2.45) is 5.73 Å². The molecule has 3 amide bonds. The molecular formula is C19H23N5O6S2. The third-order valence-corrected chi connectivity index (χ3v) is 6.53. The number of aryl methyl sites for hydroxylation is 1. The molecular weight excluding hydrogens is 458 g/mol. The van der Waals surface area contributed by atoms with Gasteiger partial charge >= 0.3 is 5.97 Å². The van der Waals surface area contributed by atoms with Crippen LogP contribution < -0.4 is 16.0 Å². The maximum Gasteiger partial charge on any atom is 0.342 e. The van der Waals surface area contributed by atoms with E-state index in [9.17, 15) is 19.2 Å². The average Bonchev–Trinajstić information content (AvgIpc) is 3.36. The van der Waals surface area contributed by atoms with E-state index in [1.165, 1.54) is 18.3 Å². The lowest BCUT2D eigenvalue weighted by Crippen LogP contribution is -2.32. The minimum absolute atomic E-state index is 0.0116. The Labute approximate surface area is 192 Å². The van der Waals surface area contributed by atoms with E-state index in [0.29, 0.717) is 15.9 Å². The zero-order chi connectivity index (χ0) is 23.4. The maximum absolute atomic E-state index is 12.4. The number of nitrogens with two attached hydrogens (primary N) is 1. The lowest BCUT2D eigenvalue weighted by atomic mass is 10.1. The molecule has 3 rings (SSSR count). The summed E-state index contributed by atoms with van der Waals surface area (Å²) < 4.78 is 10.8. The van der Waals surface area contributed by atoms with Crippen LogP contribution in [0.2, 0.25) is 0 Å². The van der Waals surface area contributed by atoms with Gasteiger partial charge in [-0.25, -0.2) is 4.79 Å². The van der Waals surface area contributed by atoms with Crippen LogP contribution in [0.4, 0.5) is 11.0 Å². The van der Waals surface area contributed by atoms with Gasteiger partial charge in [-0.3, -0.25) is 24.6 Å². The number of ether oxygens (including phenoxy) is 1. The molecule has 172 valence electrons. The Morgan fingerprint density at radius 3 is 2.56 bits per heavy atom.